The quantitative estimate of drug-likeness (QED) is 0.396. The Labute approximate surface area is 205 Å². The second-order valence-corrected chi connectivity index (χ2v) is 11.2. The number of carboxylic acids is 1. The zero-order valence-corrected chi connectivity index (χ0v) is 20.1. The molecule has 12 heteroatoms. The number of H-pyrrole nitrogens is 1. The van der Waals surface area contributed by atoms with Crippen LogP contribution in [0.2, 0.25) is 0 Å². The van der Waals surface area contributed by atoms with Crippen LogP contribution in [0.15, 0.2) is 57.2 Å². The van der Waals surface area contributed by atoms with Crippen molar-refractivity contribution in [3.05, 3.63) is 58.4 Å². The van der Waals surface area contributed by atoms with Gasteiger partial charge in [-0.25, -0.2) is 18.1 Å². The number of carboxylic acid groups (broad SMARTS) is 1. The van der Waals surface area contributed by atoms with Gasteiger partial charge in [0.25, 0.3) is 5.56 Å². The van der Waals surface area contributed by atoms with Crippen LogP contribution in [0.25, 0.3) is 16.6 Å². The molecule has 0 amide bonds. The number of anilines is 1. The van der Waals surface area contributed by atoms with Crippen LogP contribution in [0.3, 0.4) is 0 Å². The second kappa shape index (κ2) is 8.42. The summed E-state index contributed by atoms with van der Waals surface area (Å²) in [4.78, 5) is 31.9. The Balaban J connectivity index is 1.37. The Hall–Kier alpha value is -3.77. The summed E-state index contributed by atoms with van der Waals surface area (Å²) in [6, 6.07) is 12.1. The first kappa shape index (κ1) is 22.7. The number of hydrogen-bond donors (Lipinski definition) is 2. The fourth-order valence-electron chi connectivity index (χ4n) is 4.78. The molecule has 11 nitrogen and oxygen atoms in total. The first-order valence-corrected chi connectivity index (χ1v) is 13.2. The average molecular weight is 509 g/mol. The number of sulfone groups is 1. The third kappa shape index (κ3) is 3.91. The number of aromatic amines is 1. The van der Waals surface area contributed by atoms with E-state index in [2.05, 4.69) is 20.2 Å². The fourth-order valence-corrected chi connectivity index (χ4v) is 6.03. The molecule has 4 aromatic rings. The molecule has 186 valence electrons. The lowest BCUT2D eigenvalue weighted by Crippen LogP contribution is -2.48. The van der Waals surface area contributed by atoms with Gasteiger partial charge in [-0.3, -0.25) is 14.5 Å². The van der Waals surface area contributed by atoms with Crippen LogP contribution < -0.4 is 10.5 Å². The SMILES string of the molecule is O=C(O)CN1CCN(c2ccc3c(=O)nc4c(S(=O)(=O)c5ccc(C6CC6)cc5)n[nH]n4c3c2)CC1. The summed E-state index contributed by atoms with van der Waals surface area (Å²) in [5, 5.41) is 15.8. The molecule has 0 radical (unpaired) electrons. The van der Waals surface area contributed by atoms with E-state index in [9.17, 15) is 18.0 Å². The molecule has 1 aliphatic carbocycles. The van der Waals surface area contributed by atoms with E-state index in [1.54, 1.807) is 24.3 Å². The van der Waals surface area contributed by atoms with E-state index in [1.807, 2.05) is 23.1 Å². The molecule has 1 aliphatic heterocycles. The zero-order valence-electron chi connectivity index (χ0n) is 19.3. The number of hydrogen-bond acceptors (Lipinski definition) is 8. The molecule has 2 aromatic carbocycles. The van der Waals surface area contributed by atoms with Crippen LogP contribution in [0.4, 0.5) is 5.69 Å². The van der Waals surface area contributed by atoms with Gasteiger partial charge in [-0.1, -0.05) is 12.1 Å². The van der Waals surface area contributed by atoms with E-state index in [4.69, 9.17) is 5.11 Å². The van der Waals surface area contributed by atoms with E-state index in [1.165, 1.54) is 4.52 Å². The monoisotopic (exact) mass is 508 g/mol. The van der Waals surface area contributed by atoms with Crippen molar-refractivity contribution < 1.29 is 18.3 Å². The van der Waals surface area contributed by atoms with Gasteiger partial charge in [0.15, 0.2) is 5.65 Å². The van der Waals surface area contributed by atoms with Gasteiger partial charge in [0.2, 0.25) is 14.9 Å². The zero-order chi connectivity index (χ0) is 25.0. The van der Waals surface area contributed by atoms with E-state index in [0.29, 0.717) is 43.0 Å². The van der Waals surface area contributed by atoms with Crippen LogP contribution in [-0.4, -0.2) is 76.9 Å². The molecule has 2 aliphatic rings. The van der Waals surface area contributed by atoms with Crippen molar-refractivity contribution in [3.63, 3.8) is 0 Å². The highest BCUT2D eigenvalue weighted by Crippen LogP contribution is 2.40. The normalized spacial score (nSPS) is 17.2. The maximum Gasteiger partial charge on any atom is 0.317 e. The lowest BCUT2D eigenvalue weighted by molar-refractivity contribution is -0.138. The Morgan fingerprint density at radius 1 is 1.06 bits per heavy atom. The lowest BCUT2D eigenvalue weighted by atomic mass is 10.1. The third-order valence-electron chi connectivity index (χ3n) is 6.90. The number of benzene rings is 2. The van der Waals surface area contributed by atoms with Gasteiger partial charge < -0.3 is 10.0 Å². The summed E-state index contributed by atoms with van der Waals surface area (Å²) < 4.78 is 28.2. The van der Waals surface area contributed by atoms with Crippen molar-refractivity contribution in [1.29, 1.82) is 0 Å². The average Bonchev–Trinajstić information content (AvgIpc) is 3.63. The van der Waals surface area contributed by atoms with Crippen LogP contribution in [0.5, 0.6) is 0 Å². The summed E-state index contributed by atoms with van der Waals surface area (Å²) in [6.45, 7) is 2.45. The van der Waals surface area contributed by atoms with E-state index in [0.717, 1.165) is 24.1 Å². The molecule has 2 aromatic heterocycles. The lowest BCUT2D eigenvalue weighted by Gasteiger charge is -2.35. The van der Waals surface area contributed by atoms with Crippen molar-refractivity contribution in [2.45, 2.75) is 28.7 Å². The van der Waals surface area contributed by atoms with Crippen molar-refractivity contribution in [2.75, 3.05) is 37.6 Å². The van der Waals surface area contributed by atoms with Gasteiger partial charge in [-0.2, -0.15) is 4.98 Å². The van der Waals surface area contributed by atoms with Gasteiger partial charge >= 0.3 is 5.97 Å². The van der Waals surface area contributed by atoms with E-state index < -0.39 is 21.4 Å². The minimum atomic E-state index is -4.00. The molecule has 0 atom stereocenters. The van der Waals surface area contributed by atoms with Crippen molar-refractivity contribution >= 4 is 38.0 Å². The number of nitrogens with zero attached hydrogens (tertiary/aromatic N) is 5. The van der Waals surface area contributed by atoms with Gasteiger partial charge in [0.1, 0.15) is 0 Å². The molecule has 1 saturated carbocycles. The van der Waals surface area contributed by atoms with Crippen LogP contribution >= 0.6 is 0 Å². The molecule has 2 fully saturated rings. The molecule has 36 heavy (non-hydrogen) atoms. The third-order valence-corrected chi connectivity index (χ3v) is 8.58. The molecule has 2 N–H and O–H groups in total. The van der Waals surface area contributed by atoms with E-state index in [-0.39, 0.29) is 22.1 Å². The number of rotatable bonds is 6. The highest BCUT2D eigenvalue weighted by atomic mass is 32.2. The summed E-state index contributed by atoms with van der Waals surface area (Å²) in [6.07, 6.45) is 2.24. The Kier molecular flexibility index (Phi) is 5.30. The molecule has 0 bridgehead atoms. The predicted molar refractivity (Wildman–Crippen MR) is 131 cm³/mol. The number of nitrogens with one attached hydrogen (secondary N) is 1. The maximum atomic E-state index is 13.4. The topological polar surface area (TPSA) is 141 Å². The number of fused-ring (bicyclic) bond motifs is 3. The summed E-state index contributed by atoms with van der Waals surface area (Å²) >= 11 is 0. The molecular weight excluding hydrogens is 484 g/mol. The maximum absolute atomic E-state index is 13.4. The highest BCUT2D eigenvalue weighted by molar-refractivity contribution is 7.91. The second-order valence-electron chi connectivity index (χ2n) is 9.30. The summed E-state index contributed by atoms with van der Waals surface area (Å²) in [5.74, 6) is -0.346. The number of aliphatic carboxylic acids is 1. The number of aromatic nitrogens is 4. The van der Waals surface area contributed by atoms with E-state index >= 15 is 0 Å². The molecule has 0 unspecified atom stereocenters. The Morgan fingerprint density at radius 3 is 2.44 bits per heavy atom. The van der Waals surface area contributed by atoms with Crippen molar-refractivity contribution in [1.82, 2.24) is 24.7 Å². The first-order chi connectivity index (χ1) is 17.3. The molecule has 3 heterocycles. The van der Waals surface area contributed by atoms with Crippen LogP contribution in [-0.2, 0) is 14.6 Å². The Morgan fingerprint density at radius 2 is 1.78 bits per heavy atom. The first-order valence-electron chi connectivity index (χ1n) is 11.8. The minimum Gasteiger partial charge on any atom is -0.480 e. The van der Waals surface area contributed by atoms with Crippen molar-refractivity contribution in [2.24, 2.45) is 0 Å². The molecule has 1 saturated heterocycles. The van der Waals surface area contributed by atoms with Gasteiger partial charge in [0.05, 0.1) is 22.3 Å². The standard InChI is InChI=1S/C24H24N6O5S/c31-21(32)14-28-9-11-29(12-10-28)17-5-8-19-20(13-17)30-22(25-23(19)33)24(26-27-30)36(34,35)18-6-3-16(4-7-18)15-1-2-15/h3-8,13,15,27H,1-2,9-12,14H2,(H,31,32). The molecular formula is C24H24N6O5S. The summed E-state index contributed by atoms with van der Waals surface area (Å²) in [7, 11) is -4.00. The van der Waals surface area contributed by atoms with Crippen LogP contribution in [0.1, 0.15) is 24.3 Å². The van der Waals surface area contributed by atoms with Gasteiger partial charge in [-0.15, -0.1) is 5.10 Å². The van der Waals surface area contributed by atoms with Crippen molar-refractivity contribution in [3.8, 4) is 0 Å². The summed E-state index contributed by atoms with van der Waals surface area (Å²) in [5.41, 5.74) is 1.84. The molecule has 6 rings (SSSR count). The van der Waals surface area contributed by atoms with Crippen LogP contribution in [0, 0.1) is 0 Å². The van der Waals surface area contributed by atoms with Gasteiger partial charge in [0, 0.05) is 31.9 Å². The largest absolute Gasteiger partial charge is 0.480 e. The Bertz CT molecular complexity index is 1650. The smallest absolute Gasteiger partial charge is 0.317 e. The highest BCUT2D eigenvalue weighted by Gasteiger charge is 2.28. The predicted octanol–water partition coefficient (Wildman–Crippen LogP) is 1.49. The number of carbonyl (C=O) groups is 1. The molecule has 0 spiro atoms. The minimum absolute atomic E-state index is 0.00193. The number of piperazine rings is 1. The fraction of sp³-hybridized carbons (Fsp3) is 0.333. The van der Waals surface area contributed by atoms with Gasteiger partial charge in [-0.05, 0) is 54.7 Å².